The van der Waals surface area contributed by atoms with E-state index in [1.54, 1.807) is 0 Å². The summed E-state index contributed by atoms with van der Waals surface area (Å²) >= 11 is 0. The molecule has 0 amide bonds. The normalized spacial score (nSPS) is 22.0. The predicted molar refractivity (Wildman–Crippen MR) is 252 cm³/mol. The number of aromatic nitrogens is 3. The van der Waals surface area contributed by atoms with Crippen LogP contribution in [-0.2, 0) is 25.5 Å². The van der Waals surface area contributed by atoms with E-state index >= 15 is 0 Å². The van der Waals surface area contributed by atoms with E-state index in [9.17, 15) is 14.7 Å². The molecule has 3 aromatic rings. The molecule has 6 atom stereocenters. The molecule has 0 radical (unpaired) electrons. The summed E-state index contributed by atoms with van der Waals surface area (Å²) in [5.74, 6) is -0.589. The van der Waals surface area contributed by atoms with Crippen molar-refractivity contribution in [1.29, 1.82) is 0 Å². The van der Waals surface area contributed by atoms with E-state index < -0.39 is 17.9 Å². The maximum absolute atomic E-state index is 13.6. The van der Waals surface area contributed by atoms with Crippen molar-refractivity contribution in [1.82, 2.24) is 20.3 Å². The van der Waals surface area contributed by atoms with Crippen LogP contribution in [0.3, 0.4) is 0 Å². The van der Waals surface area contributed by atoms with Gasteiger partial charge in [-0.1, -0.05) is 132 Å². The quantitative estimate of drug-likeness (QED) is 0.0804. The summed E-state index contributed by atoms with van der Waals surface area (Å²) in [5.41, 5.74) is 10.0. The summed E-state index contributed by atoms with van der Waals surface area (Å²) in [7, 11) is 1.34. The van der Waals surface area contributed by atoms with E-state index in [-0.39, 0.29) is 59.6 Å². The molecule has 1 unspecified atom stereocenters. The van der Waals surface area contributed by atoms with Crippen molar-refractivity contribution in [3.63, 3.8) is 0 Å². The molecule has 2 aliphatic heterocycles. The zero-order valence-electron chi connectivity index (χ0n) is 39.2. The summed E-state index contributed by atoms with van der Waals surface area (Å²) in [6, 6.07) is -0.446. The Hall–Kier alpha value is -4.15. The van der Waals surface area contributed by atoms with E-state index in [4.69, 9.17) is 24.4 Å². The maximum atomic E-state index is 13.6. The first-order chi connectivity index (χ1) is 29.2. The number of esters is 2. The van der Waals surface area contributed by atoms with Gasteiger partial charge in [0.15, 0.2) is 0 Å². The van der Waals surface area contributed by atoms with Gasteiger partial charge >= 0.3 is 35.0 Å². The molecule has 1 fully saturated rings. The van der Waals surface area contributed by atoms with E-state index in [0.29, 0.717) is 28.3 Å². The Labute approximate surface area is 385 Å². The van der Waals surface area contributed by atoms with Gasteiger partial charge in [-0.25, -0.2) is 0 Å². The Morgan fingerprint density at radius 3 is 2.26 bits per heavy atom. The molecule has 1 aliphatic carbocycles. The largest absolute Gasteiger partial charge is 2.00 e. The van der Waals surface area contributed by atoms with Gasteiger partial charge in [-0.05, 0) is 88.3 Å². The summed E-state index contributed by atoms with van der Waals surface area (Å²) in [6.45, 7) is 23.8. The maximum Gasteiger partial charge on any atom is 2.00 e. The molecule has 10 heteroatoms. The second-order valence-corrected chi connectivity index (χ2v) is 18.2. The molecule has 1 saturated heterocycles. The molecule has 6 rings (SSSR count). The number of carbonyl (C=O) groups is 2. The van der Waals surface area contributed by atoms with Gasteiger partial charge in [0.25, 0.3) is 0 Å². The van der Waals surface area contributed by atoms with Crippen molar-refractivity contribution in [3.8, 4) is 0 Å². The molecule has 3 aromatic heterocycles. The summed E-state index contributed by atoms with van der Waals surface area (Å²) in [6.07, 6.45) is 21.3. The number of ether oxygens (including phenoxy) is 2. The van der Waals surface area contributed by atoms with Gasteiger partial charge in [0.2, 0.25) is 0 Å². The van der Waals surface area contributed by atoms with Crippen LogP contribution >= 0.6 is 0 Å². The third kappa shape index (κ3) is 10.3. The number of aliphatic hydroxyl groups excluding tert-OH is 1. The molecule has 3 aliphatic rings. The second kappa shape index (κ2) is 21.5. The van der Waals surface area contributed by atoms with Crippen molar-refractivity contribution >= 4 is 70.6 Å². The molecule has 0 saturated carbocycles. The number of carbonyl (C=O) groups excluding carboxylic acids is 2. The Morgan fingerprint density at radius 1 is 0.903 bits per heavy atom. The third-order valence-corrected chi connectivity index (χ3v) is 13.9. The molecule has 62 heavy (non-hydrogen) atoms. The minimum absolute atomic E-state index is 0. The number of hydrogen-bond donors (Lipinski definition) is 2. The van der Waals surface area contributed by atoms with Crippen LogP contribution in [0.5, 0.6) is 0 Å². The number of fused-ring (bicyclic) bond motifs is 8. The van der Waals surface area contributed by atoms with Gasteiger partial charge in [0.05, 0.1) is 13.2 Å². The predicted octanol–water partition coefficient (Wildman–Crippen LogP) is 6.85. The van der Waals surface area contributed by atoms with E-state index in [1.165, 1.54) is 51.2 Å². The Bertz CT molecular complexity index is 2440. The number of methoxy groups -OCH3 is 1. The van der Waals surface area contributed by atoms with Gasteiger partial charge in [-0.2, -0.15) is 0 Å². The fraction of sp³-hybridized carbons (Fsp3) is 0.538. The van der Waals surface area contributed by atoms with Gasteiger partial charge in [-0.3, -0.25) is 9.59 Å². The first-order valence-electron chi connectivity index (χ1n) is 22.9. The van der Waals surface area contributed by atoms with E-state index in [1.807, 2.05) is 31.2 Å². The SMILES string of the molecule is C=Cc1c2[n-]c(c1C)/C=C1\NC(C3=c4[n-]c(c(C)c4=C(O)[C@@H]3C(=O)OC)/C=c3\[n-]/c(c(C)c3CC)=C\2)[C@@H](CCC(=O)OC/C=C(\C)CCC[C@H](C)CCC[C@H](C)CCC)[C@@H]1C.[Mg+2]. The Morgan fingerprint density at radius 2 is 1.58 bits per heavy atom. The van der Waals surface area contributed by atoms with Crippen LogP contribution in [0, 0.1) is 50.4 Å². The zero-order valence-corrected chi connectivity index (χ0v) is 40.6. The molecule has 8 bridgehead atoms. The number of aliphatic hydroxyl groups is 1. The van der Waals surface area contributed by atoms with Crippen LogP contribution in [0.25, 0.3) is 35.6 Å². The van der Waals surface area contributed by atoms with Crippen molar-refractivity contribution in [2.75, 3.05) is 13.7 Å². The van der Waals surface area contributed by atoms with Gasteiger partial charge < -0.3 is 34.8 Å². The van der Waals surface area contributed by atoms with Gasteiger partial charge in [-0.15, -0.1) is 33.1 Å². The first kappa shape index (κ1) is 48.9. The molecule has 330 valence electrons. The Kier molecular flexibility index (Phi) is 16.9. The molecular weight excluding hydrogens is 785 g/mol. The van der Waals surface area contributed by atoms with Crippen molar-refractivity contribution < 1.29 is 24.2 Å². The van der Waals surface area contributed by atoms with Crippen LogP contribution in [0.4, 0.5) is 0 Å². The first-order valence-corrected chi connectivity index (χ1v) is 22.9. The van der Waals surface area contributed by atoms with E-state index in [2.05, 4.69) is 73.4 Å². The molecular formula is C52H69MgN4O5-. The minimum atomic E-state index is -1.04. The van der Waals surface area contributed by atoms with Crippen LogP contribution in [0.1, 0.15) is 151 Å². The molecule has 9 nitrogen and oxygen atoms in total. The van der Waals surface area contributed by atoms with E-state index in [0.717, 1.165) is 86.7 Å². The Balaban J connectivity index is 0.00000726. The smallest absolute Gasteiger partial charge is 0.657 e. The average Bonchev–Trinajstić information content (AvgIpc) is 3.97. The average molecular weight is 854 g/mol. The summed E-state index contributed by atoms with van der Waals surface area (Å²) in [4.78, 5) is 42.4. The minimum Gasteiger partial charge on any atom is -0.657 e. The van der Waals surface area contributed by atoms with Crippen LogP contribution < -0.4 is 41.5 Å². The molecule has 0 aromatic carbocycles. The van der Waals surface area contributed by atoms with Gasteiger partial charge in [0, 0.05) is 23.3 Å². The monoisotopic (exact) mass is 854 g/mol. The van der Waals surface area contributed by atoms with Gasteiger partial charge in [0.1, 0.15) is 18.3 Å². The fourth-order valence-corrected chi connectivity index (χ4v) is 10.1. The number of nitrogens with zero attached hydrogens (tertiary/aromatic N) is 3. The topological polar surface area (TPSA) is 127 Å². The standard InChI is InChI=1S/C52H69N4O5.Mg/c1-12-17-29(4)18-15-19-30(5)20-16-21-31(6)24-25-61-45(57)23-22-38-34(9)41-26-39-32(7)36(13-2)43(53-39)27-40-33(8)37(14-3)44(54-40)28-42-35(10)46-50(56-42)47(49(38)55-41)48(51(46)58)52(59)60-11;/h13,24,26-30,34,38,48-49,55,58H,2,12,14-23,25H2,1,3-11H3;/q-3;+2/b31-24+,40-27-,41-26-,44-28-;/t29-,30-,34+,38+,48-,49?;/m1./s1. The van der Waals surface area contributed by atoms with Crippen LogP contribution in [-0.4, -0.2) is 59.9 Å². The fourth-order valence-electron chi connectivity index (χ4n) is 10.1. The van der Waals surface area contributed by atoms with Crippen molar-refractivity contribution in [2.45, 2.75) is 139 Å². The molecule has 5 heterocycles. The van der Waals surface area contributed by atoms with Crippen LogP contribution in [0.2, 0.25) is 0 Å². The number of hydrogen-bond acceptors (Lipinski definition) is 6. The molecule has 2 N–H and O–H groups in total. The van der Waals surface area contributed by atoms with Crippen molar-refractivity contribution in [3.05, 3.63) is 90.1 Å². The third-order valence-electron chi connectivity index (χ3n) is 13.9. The number of rotatable bonds is 18. The number of allylic oxidation sites excluding steroid dienone is 2. The second-order valence-electron chi connectivity index (χ2n) is 18.2. The summed E-state index contributed by atoms with van der Waals surface area (Å²) < 4.78 is 11.1. The van der Waals surface area contributed by atoms with Crippen LogP contribution in [0.15, 0.2) is 23.9 Å². The summed E-state index contributed by atoms with van der Waals surface area (Å²) in [5, 5.41) is 18.5. The van der Waals surface area contributed by atoms with Crippen molar-refractivity contribution in [2.24, 2.45) is 29.6 Å². The molecule has 0 spiro atoms. The number of nitrogens with one attached hydrogen (secondary N) is 1. The zero-order chi connectivity index (χ0) is 44.1.